The molecule has 2 aromatic rings. The van der Waals surface area contributed by atoms with Crippen LogP contribution in [0.2, 0.25) is 5.02 Å². The lowest BCUT2D eigenvalue weighted by molar-refractivity contribution is -0.115. The van der Waals surface area contributed by atoms with E-state index < -0.39 is 15.3 Å². The number of tetrazole rings is 1. The van der Waals surface area contributed by atoms with Crippen molar-refractivity contribution in [1.82, 2.24) is 24.5 Å². The number of nitrogens with one attached hydrogen (secondary N) is 1. The fourth-order valence-electron chi connectivity index (χ4n) is 2.02. The maximum Gasteiger partial charge on any atom is 0.244 e. The van der Waals surface area contributed by atoms with Gasteiger partial charge in [0.1, 0.15) is 4.90 Å². The molecule has 0 saturated carbocycles. The first-order chi connectivity index (χ1) is 12.5. The number of nitrogens with zero attached hydrogens (tertiary/aromatic N) is 5. The SMILES string of the molecule is CC(Sc1nnnn1C(C)C)C(=O)Nc1ccc(Cl)c(S(=O)(=O)N(C)C)c1. The van der Waals surface area contributed by atoms with E-state index in [1.165, 1.54) is 38.0 Å². The number of aromatic nitrogens is 4. The summed E-state index contributed by atoms with van der Waals surface area (Å²) >= 11 is 7.23. The molecule has 9 nitrogen and oxygen atoms in total. The van der Waals surface area contributed by atoms with Crippen LogP contribution in [0.1, 0.15) is 26.8 Å². The van der Waals surface area contributed by atoms with Crippen molar-refractivity contribution >= 4 is 45.0 Å². The van der Waals surface area contributed by atoms with Crippen LogP contribution in [0.3, 0.4) is 0 Å². The normalized spacial score (nSPS) is 13.2. The summed E-state index contributed by atoms with van der Waals surface area (Å²) in [4.78, 5) is 12.4. The quantitative estimate of drug-likeness (QED) is 0.668. The Bertz CT molecular complexity index is 929. The second kappa shape index (κ2) is 8.55. The van der Waals surface area contributed by atoms with Crippen molar-refractivity contribution in [2.45, 2.75) is 42.1 Å². The van der Waals surface area contributed by atoms with E-state index in [0.29, 0.717) is 10.8 Å². The second-order valence-electron chi connectivity index (χ2n) is 6.18. The summed E-state index contributed by atoms with van der Waals surface area (Å²) in [5, 5.41) is 14.3. The summed E-state index contributed by atoms with van der Waals surface area (Å²) in [6.07, 6.45) is 0. The maximum absolute atomic E-state index is 12.5. The minimum absolute atomic E-state index is 0.0628. The van der Waals surface area contributed by atoms with Gasteiger partial charge in [0, 0.05) is 19.8 Å². The highest BCUT2D eigenvalue weighted by Crippen LogP contribution is 2.28. The average molecular weight is 433 g/mol. The highest BCUT2D eigenvalue weighted by molar-refractivity contribution is 8.00. The Hall–Kier alpha value is -1.69. The number of hydrogen-bond donors (Lipinski definition) is 1. The van der Waals surface area contributed by atoms with E-state index in [0.717, 1.165) is 4.31 Å². The van der Waals surface area contributed by atoms with Crippen molar-refractivity contribution in [3.8, 4) is 0 Å². The van der Waals surface area contributed by atoms with Gasteiger partial charge in [-0.15, -0.1) is 5.10 Å². The summed E-state index contributed by atoms with van der Waals surface area (Å²) in [7, 11) is -0.905. The molecule has 148 valence electrons. The van der Waals surface area contributed by atoms with Gasteiger partial charge in [-0.2, -0.15) is 0 Å². The van der Waals surface area contributed by atoms with Gasteiger partial charge >= 0.3 is 0 Å². The first-order valence-electron chi connectivity index (χ1n) is 8.01. The monoisotopic (exact) mass is 432 g/mol. The van der Waals surface area contributed by atoms with E-state index in [-0.39, 0.29) is 21.9 Å². The zero-order valence-electron chi connectivity index (χ0n) is 15.5. The molecule has 12 heteroatoms. The molecule has 0 saturated heterocycles. The van der Waals surface area contributed by atoms with Gasteiger partial charge in [-0.3, -0.25) is 4.79 Å². The first-order valence-corrected chi connectivity index (χ1v) is 10.7. The number of halogens is 1. The van der Waals surface area contributed by atoms with Gasteiger partial charge in [0.05, 0.1) is 16.3 Å². The molecule has 0 radical (unpaired) electrons. The van der Waals surface area contributed by atoms with Crippen LogP contribution in [-0.2, 0) is 14.8 Å². The Morgan fingerprint density at radius 2 is 1.96 bits per heavy atom. The number of sulfonamides is 1. The van der Waals surface area contributed by atoms with Gasteiger partial charge in [-0.05, 0) is 49.4 Å². The first kappa shape index (κ1) is 21.6. The number of carbonyl (C=O) groups is 1. The predicted octanol–water partition coefficient (Wildman–Crippen LogP) is 2.28. The molecule has 2 rings (SSSR count). The summed E-state index contributed by atoms with van der Waals surface area (Å²) < 4.78 is 27.4. The minimum Gasteiger partial charge on any atom is -0.325 e. The molecule has 1 aromatic heterocycles. The van der Waals surface area contributed by atoms with E-state index >= 15 is 0 Å². The molecule has 0 aliphatic carbocycles. The van der Waals surface area contributed by atoms with E-state index in [2.05, 4.69) is 20.8 Å². The zero-order chi connectivity index (χ0) is 20.4. The largest absolute Gasteiger partial charge is 0.325 e. The predicted molar refractivity (Wildman–Crippen MR) is 104 cm³/mol. The van der Waals surface area contributed by atoms with Crippen LogP contribution < -0.4 is 5.32 Å². The highest BCUT2D eigenvalue weighted by Gasteiger charge is 2.23. The van der Waals surface area contributed by atoms with Crippen molar-refractivity contribution < 1.29 is 13.2 Å². The van der Waals surface area contributed by atoms with Gasteiger partial charge < -0.3 is 5.32 Å². The van der Waals surface area contributed by atoms with E-state index in [1.807, 2.05) is 13.8 Å². The lowest BCUT2D eigenvalue weighted by Gasteiger charge is -2.16. The number of amides is 1. The van der Waals surface area contributed by atoms with Crippen LogP contribution in [0.25, 0.3) is 0 Å². The van der Waals surface area contributed by atoms with E-state index in [1.54, 1.807) is 17.7 Å². The van der Waals surface area contributed by atoms with Gasteiger partial charge in [-0.1, -0.05) is 23.4 Å². The molecule has 0 aliphatic heterocycles. The fraction of sp³-hybridized carbons (Fsp3) is 0.467. The van der Waals surface area contributed by atoms with Crippen LogP contribution in [0, 0.1) is 0 Å². The molecule has 27 heavy (non-hydrogen) atoms. The van der Waals surface area contributed by atoms with E-state index in [9.17, 15) is 13.2 Å². The van der Waals surface area contributed by atoms with Crippen molar-refractivity contribution in [3.05, 3.63) is 23.2 Å². The molecule has 1 heterocycles. The number of anilines is 1. The van der Waals surface area contributed by atoms with Crippen molar-refractivity contribution in [2.24, 2.45) is 0 Å². The number of rotatable bonds is 7. The van der Waals surface area contributed by atoms with Crippen LogP contribution in [-0.4, -0.2) is 58.2 Å². The molecule has 1 unspecified atom stereocenters. The molecule has 0 aliphatic rings. The molecule has 1 amide bonds. The topological polar surface area (TPSA) is 110 Å². The fourth-order valence-corrected chi connectivity index (χ4v) is 4.33. The second-order valence-corrected chi connectivity index (χ2v) is 10.0. The minimum atomic E-state index is -3.73. The Balaban J connectivity index is 2.17. The number of hydrogen-bond acceptors (Lipinski definition) is 7. The number of carbonyl (C=O) groups excluding carboxylic acids is 1. The van der Waals surface area contributed by atoms with Gasteiger partial charge in [-0.25, -0.2) is 17.4 Å². The molecular formula is C15H21ClN6O3S2. The van der Waals surface area contributed by atoms with Crippen LogP contribution in [0.5, 0.6) is 0 Å². The third kappa shape index (κ3) is 4.98. The Labute approximate surface area is 167 Å². The molecule has 1 atom stereocenters. The molecule has 1 N–H and O–H groups in total. The summed E-state index contributed by atoms with van der Waals surface area (Å²) in [5.41, 5.74) is 0.334. The van der Waals surface area contributed by atoms with Crippen LogP contribution >= 0.6 is 23.4 Å². The highest BCUT2D eigenvalue weighted by atomic mass is 35.5. The van der Waals surface area contributed by atoms with Gasteiger partial charge in [0.2, 0.25) is 21.1 Å². The standard InChI is InChI=1S/C15H21ClN6O3S2/c1-9(2)22-15(18-19-20-22)26-10(3)14(23)17-11-6-7-12(16)13(8-11)27(24,25)21(4)5/h6-10H,1-5H3,(H,17,23). The summed E-state index contributed by atoms with van der Waals surface area (Å²) in [6, 6.07) is 4.38. The molecule has 1 aromatic carbocycles. The third-order valence-electron chi connectivity index (χ3n) is 3.56. The van der Waals surface area contributed by atoms with Gasteiger partial charge in [0.25, 0.3) is 0 Å². The Morgan fingerprint density at radius 3 is 2.56 bits per heavy atom. The Kier molecular flexibility index (Phi) is 6.84. The Morgan fingerprint density at radius 1 is 1.30 bits per heavy atom. The zero-order valence-corrected chi connectivity index (χ0v) is 17.9. The van der Waals surface area contributed by atoms with Crippen LogP contribution in [0.4, 0.5) is 5.69 Å². The molecule has 0 spiro atoms. The molecule has 0 bridgehead atoms. The molecule has 0 fully saturated rings. The molecular weight excluding hydrogens is 412 g/mol. The number of benzene rings is 1. The van der Waals surface area contributed by atoms with Crippen molar-refractivity contribution in [3.63, 3.8) is 0 Å². The lowest BCUT2D eigenvalue weighted by Crippen LogP contribution is -2.24. The smallest absolute Gasteiger partial charge is 0.244 e. The maximum atomic E-state index is 12.5. The summed E-state index contributed by atoms with van der Waals surface area (Å²) in [5.74, 6) is -0.311. The average Bonchev–Trinajstić information content (AvgIpc) is 3.04. The van der Waals surface area contributed by atoms with Gasteiger partial charge in [0.15, 0.2) is 0 Å². The van der Waals surface area contributed by atoms with E-state index in [4.69, 9.17) is 11.6 Å². The number of thioether (sulfide) groups is 1. The van der Waals surface area contributed by atoms with Crippen molar-refractivity contribution in [2.75, 3.05) is 19.4 Å². The lowest BCUT2D eigenvalue weighted by atomic mass is 10.3. The van der Waals surface area contributed by atoms with Crippen LogP contribution in [0.15, 0.2) is 28.3 Å². The van der Waals surface area contributed by atoms with Crippen molar-refractivity contribution in [1.29, 1.82) is 0 Å². The third-order valence-corrected chi connectivity index (χ3v) is 6.90. The summed E-state index contributed by atoms with van der Waals surface area (Å²) in [6.45, 7) is 5.59.